The predicted molar refractivity (Wildman–Crippen MR) is 40.9 cm³/mol. The number of hydrogen-bond acceptors (Lipinski definition) is 4. The van der Waals surface area contributed by atoms with Crippen LogP contribution in [0.15, 0.2) is 12.8 Å². The molecule has 0 spiro atoms. The summed E-state index contributed by atoms with van der Waals surface area (Å²) in [5.41, 5.74) is 11.4. The van der Waals surface area contributed by atoms with Gasteiger partial charge >= 0.3 is 0 Å². The molecule has 4 heteroatoms. The molecule has 0 amide bonds. The molecule has 1 aromatic heterocycles. The first-order valence-electron chi connectivity index (χ1n) is 2.74. The zero-order valence-electron chi connectivity index (χ0n) is 5.41. The standard InChI is InChI=1S/C6H8N4/c1-2-4-3-9-6(8)10-5(4)7/h2-3H,1H2,(H4,7,8,9,10). The Kier molecular flexibility index (Phi) is 1.53. The zero-order valence-corrected chi connectivity index (χ0v) is 5.41. The zero-order chi connectivity index (χ0) is 7.56. The lowest BCUT2D eigenvalue weighted by Gasteiger charge is -1.97. The first-order valence-corrected chi connectivity index (χ1v) is 2.74. The highest BCUT2D eigenvalue weighted by atomic mass is 15.0. The van der Waals surface area contributed by atoms with Crippen LogP contribution < -0.4 is 11.5 Å². The molecule has 0 bridgehead atoms. The third-order valence-corrected chi connectivity index (χ3v) is 1.09. The molecular formula is C6H8N4. The summed E-state index contributed by atoms with van der Waals surface area (Å²) >= 11 is 0. The molecule has 52 valence electrons. The molecule has 0 fully saturated rings. The van der Waals surface area contributed by atoms with E-state index in [1.54, 1.807) is 6.08 Å². The monoisotopic (exact) mass is 136 g/mol. The van der Waals surface area contributed by atoms with Gasteiger partial charge in [0, 0.05) is 11.8 Å². The fraction of sp³-hybridized carbons (Fsp3) is 0. The van der Waals surface area contributed by atoms with Gasteiger partial charge in [-0.25, -0.2) is 4.98 Å². The van der Waals surface area contributed by atoms with Gasteiger partial charge in [-0.2, -0.15) is 4.98 Å². The van der Waals surface area contributed by atoms with Crippen LogP contribution in [0, 0.1) is 0 Å². The van der Waals surface area contributed by atoms with E-state index in [0.717, 1.165) is 0 Å². The van der Waals surface area contributed by atoms with E-state index in [2.05, 4.69) is 16.5 Å². The lowest BCUT2D eigenvalue weighted by molar-refractivity contribution is 1.19. The highest BCUT2D eigenvalue weighted by molar-refractivity contribution is 5.59. The van der Waals surface area contributed by atoms with E-state index in [1.807, 2.05) is 0 Å². The van der Waals surface area contributed by atoms with Crippen molar-refractivity contribution in [3.05, 3.63) is 18.3 Å². The summed E-state index contributed by atoms with van der Waals surface area (Å²) in [4.78, 5) is 7.44. The van der Waals surface area contributed by atoms with Gasteiger partial charge in [0.1, 0.15) is 5.82 Å². The minimum atomic E-state index is 0.183. The van der Waals surface area contributed by atoms with Crippen LogP contribution in [0.4, 0.5) is 11.8 Å². The minimum Gasteiger partial charge on any atom is -0.383 e. The van der Waals surface area contributed by atoms with E-state index in [1.165, 1.54) is 6.20 Å². The molecule has 0 radical (unpaired) electrons. The molecule has 10 heavy (non-hydrogen) atoms. The van der Waals surface area contributed by atoms with Crippen molar-refractivity contribution in [2.75, 3.05) is 11.5 Å². The maximum absolute atomic E-state index is 5.43. The van der Waals surface area contributed by atoms with Crippen LogP contribution in [0.25, 0.3) is 6.08 Å². The lowest BCUT2D eigenvalue weighted by atomic mass is 10.3. The average Bonchev–Trinajstić information content (AvgIpc) is 1.88. The normalized spacial score (nSPS) is 9.20. The molecular weight excluding hydrogens is 128 g/mol. The maximum Gasteiger partial charge on any atom is 0.221 e. The van der Waals surface area contributed by atoms with Gasteiger partial charge in [-0.15, -0.1) is 0 Å². The van der Waals surface area contributed by atoms with Gasteiger partial charge in [-0.05, 0) is 0 Å². The van der Waals surface area contributed by atoms with Crippen molar-refractivity contribution < 1.29 is 0 Å². The summed E-state index contributed by atoms with van der Waals surface area (Å²) in [5.74, 6) is 0.547. The number of hydrogen-bond donors (Lipinski definition) is 2. The molecule has 1 aromatic rings. The molecule has 0 aliphatic rings. The Hall–Kier alpha value is -1.58. The van der Waals surface area contributed by atoms with Crippen molar-refractivity contribution in [2.45, 2.75) is 0 Å². The first kappa shape index (κ1) is 6.54. The third kappa shape index (κ3) is 1.05. The third-order valence-electron chi connectivity index (χ3n) is 1.09. The molecule has 0 aromatic carbocycles. The summed E-state index contributed by atoms with van der Waals surface area (Å²) in [6.45, 7) is 3.52. The van der Waals surface area contributed by atoms with Gasteiger partial charge in [-0.3, -0.25) is 0 Å². The lowest BCUT2D eigenvalue weighted by Crippen LogP contribution is -2.00. The van der Waals surface area contributed by atoms with Crippen LogP contribution in [-0.2, 0) is 0 Å². The van der Waals surface area contributed by atoms with Gasteiger partial charge in [0.2, 0.25) is 5.95 Å². The molecule has 0 atom stereocenters. The Labute approximate surface area is 58.6 Å². The number of anilines is 2. The van der Waals surface area contributed by atoms with E-state index in [9.17, 15) is 0 Å². The molecule has 4 N–H and O–H groups in total. The number of nitrogen functional groups attached to an aromatic ring is 2. The van der Waals surface area contributed by atoms with E-state index in [4.69, 9.17) is 11.5 Å². The van der Waals surface area contributed by atoms with Crippen molar-refractivity contribution in [3.8, 4) is 0 Å². The summed E-state index contributed by atoms with van der Waals surface area (Å²) in [6, 6.07) is 0. The number of aromatic nitrogens is 2. The van der Waals surface area contributed by atoms with Crippen LogP contribution in [0.5, 0.6) is 0 Å². The van der Waals surface area contributed by atoms with Crippen LogP contribution >= 0.6 is 0 Å². The Morgan fingerprint density at radius 3 is 2.70 bits per heavy atom. The van der Waals surface area contributed by atoms with Crippen molar-refractivity contribution >= 4 is 17.8 Å². The van der Waals surface area contributed by atoms with Crippen LogP contribution in [0.3, 0.4) is 0 Å². The minimum absolute atomic E-state index is 0.183. The molecule has 0 saturated carbocycles. The number of nitrogens with zero attached hydrogens (tertiary/aromatic N) is 2. The number of nitrogens with two attached hydrogens (primary N) is 2. The number of rotatable bonds is 1. The Balaban J connectivity index is 3.19. The van der Waals surface area contributed by atoms with Crippen molar-refractivity contribution in [1.29, 1.82) is 0 Å². The Morgan fingerprint density at radius 2 is 2.20 bits per heavy atom. The van der Waals surface area contributed by atoms with Gasteiger partial charge in [0.25, 0.3) is 0 Å². The van der Waals surface area contributed by atoms with Crippen molar-refractivity contribution in [3.63, 3.8) is 0 Å². The van der Waals surface area contributed by atoms with Crippen molar-refractivity contribution in [1.82, 2.24) is 9.97 Å². The molecule has 0 aliphatic carbocycles. The summed E-state index contributed by atoms with van der Waals surface area (Å²) in [7, 11) is 0. The SMILES string of the molecule is C=Cc1cnc(N)nc1N. The van der Waals surface area contributed by atoms with E-state index >= 15 is 0 Å². The van der Waals surface area contributed by atoms with Crippen LogP contribution in [0.1, 0.15) is 5.56 Å². The van der Waals surface area contributed by atoms with Gasteiger partial charge in [0.05, 0.1) is 0 Å². The second-order valence-electron chi connectivity index (χ2n) is 1.77. The predicted octanol–water partition coefficient (Wildman–Crippen LogP) is 0.284. The van der Waals surface area contributed by atoms with Crippen molar-refractivity contribution in [2.24, 2.45) is 0 Å². The molecule has 0 unspecified atom stereocenters. The summed E-state index contributed by atoms with van der Waals surface area (Å²) in [6.07, 6.45) is 3.11. The molecule has 0 saturated heterocycles. The summed E-state index contributed by atoms with van der Waals surface area (Å²) < 4.78 is 0. The quantitative estimate of drug-likeness (QED) is 0.581. The Bertz CT molecular complexity index is 256. The maximum atomic E-state index is 5.43. The van der Waals surface area contributed by atoms with Gasteiger partial charge in [0.15, 0.2) is 0 Å². The first-order chi connectivity index (χ1) is 4.74. The molecule has 4 nitrogen and oxygen atoms in total. The molecule has 1 rings (SSSR count). The van der Waals surface area contributed by atoms with Crippen LogP contribution in [0.2, 0.25) is 0 Å². The van der Waals surface area contributed by atoms with Gasteiger partial charge < -0.3 is 11.5 Å². The van der Waals surface area contributed by atoms with E-state index < -0.39 is 0 Å². The molecule has 0 aliphatic heterocycles. The highest BCUT2D eigenvalue weighted by Gasteiger charge is 1.95. The summed E-state index contributed by atoms with van der Waals surface area (Å²) in [5, 5.41) is 0. The van der Waals surface area contributed by atoms with E-state index in [0.29, 0.717) is 11.4 Å². The largest absolute Gasteiger partial charge is 0.383 e. The van der Waals surface area contributed by atoms with Crippen LogP contribution in [-0.4, -0.2) is 9.97 Å². The van der Waals surface area contributed by atoms with Gasteiger partial charge in [-0.1, -0.05) is 12.7 Å². The Morgan fingerprint density at radius 1 is 1.50 bits per heavy atom. The molecule has 1 heterocycles. The average molecular weight is 136 g/mol. The second kappa shape index (κ2) is 2.34. The smallest absolute Gasteiger partial charge is 0.221 e. The highest BCUT2D eigenvalue weighted by Crippen LogP contribution is 2.08. The second-order valence-corrected chi connectivity index (χ2v) is 1.77. The topological polar surface area (TPSA) is 77.8 Å². The fourth-order valence-electron chi connectivity index (χ4n) is 0.576. The van der Waals surface area contributed by atoms with E-state index in [-0.39, 0.29) is 5.95 Å². The fourth-order valence-corrected chi connectivity index (χ4v) is 0.576.